The molecular weight excluding hydrogens is 162 g/mol. The van der Waals surface area contributed by atoms with Gasteiger partial charge in [-0.25, -0.2) is 0 Å². The summed E-state index contributed by atoms with van der Waals surface area (Å²) in [4.78, 5) is 2.32. The predicted octanol–water partition coefficient (Wildman–Crippen LogP) is 1.10. The Morgan fingerprint density at radius 3 is 3.00 bits per heavy atom. The van der Waals surface area contributed by atoms with E-state index in [1.165, 1.54) is 19.3 Å². The van der Waals surface area contributed by atoms with E-state index in [0.29, 0.717) is 12.0 Å². The fraction of sp³-hybridized carbons (Fsp3) is 0.818. The lowest BCUT2D eigenvalue weighted by Crippen LogP contribution is -2.44. The van der Waals surface area contributed by atoms with Gasteiger partial charge in [-0.3, -0.25) is 4.90 Å². The van der Waals surface area contributed by atoms with E-state index in [1.54, 1.807) is 0 Å². The molecule has 2 nitrogen and oxygen atoms in total. The van der Waals surface area contributed by atoms with Gasteiger partial charge < -0.3 is 5.11 Å². The van der Waals surface area contributed by atoms with Crippen LogP contribution in [0, 0.1) is 18.3 Å². The molecule has 74 valence electrons. The molecule has 0 saturated carbocycles. The summed E-state index contributed by atoms with van der Waals surface area (Å²) in [5, 5.41) is 9.09. The van der Waals surface area contributed by atoms with E-state index in [9.17, 15) is 0 Å². The van der Waals surface area contributed by atoms with Gasteiger partial charge in [0.1, 0.15) is 0 Å². The van der Waals surface area contributed by atoms with Crippen molar-refractivity contribution in [2.24, 2.45) is 5.92 Å². The molecule has 1 fully saturated rings. The van der Waals surface area contributed by atoms with Gasteiger partial charge in [-0.05, 0) is 25.3 Å². The van der Waals surface area contributed by atoms with Crippen LogP contribution in [-0.4, -0.2) is 35.7 Å². The summed E-state index contributed by atoms with van der Waals surface area (Å²) < 4.78 is 0. The van der Waals surface area contributed by atoms with Crippen molar-refractivity contribution in [2.45, 2.75) is 32.2 Å². The Labute approximate surface area is 80.9 Å². The minimum absolute atomic E-state index is 0.270. The third kappa shape index (κ3) is 2.72. The van der Waals surface area contributed by atoms with E-state index in [0.717, 1.165) is 13.1 Å². The number of aliphatic hydroxyl groups is 1. The molecule has 0 aromatic heterocycles. The van der Waals surface area contributed by atoms with Crippen molar-refractivity contribution in [1.29, 1.82) is 0 Å². The fourth-order valence-corrected chi connectivity index (χ4v) is 2.10. The molecule has 1 saturated heterocycles. The van der Waals surface area contributed by atoms with Crippen molar-refractivity contribution < 1.29 is 5.11 Å². The molecule has 0 radical (unpaired) electrons. The first kappa shape index (κ1) is 10.6. The van der Waals surface area contributed by atoms with Gasteiger partial charge in [0.25, 0.3) is 0 Å². The molecule has 0 aromatic rings. The first-order valence-corrected chi connectivity index (χ1v) is 5.08. The van der Waals surface area contributed by atoms with Gasteiger partial charge in [0.2, 0.25) is 0 Å². The van der Waals surface area contributed by atoms with Crippen molar-refractivity contribution in [3.05, 3.63) is 0 Å². The zero-order valence-electron chi connectivity index (χ0n) is 8.37. The van der Waals surface area contributed by atoms with Crippen molar-refractivity contribution in [2.75, 3.05) is 19.7 Å². The summed E-state index contributed by atoms with van der Waals surface area (Å²) >= 11 is 0. The number of nitrogens with zero attached hydrogens (tertiary/aromatic N) is 1. The molecule has 1 N–H and O–H groups in total. The van der Waals surface area contributed by atoms with Crippen molar-refractivity contribution in [1.82, 2.24) is 4.90 Å². The maximum Gasteiger partial charge on any atom is 0.0601 e. The van der Waals surface area contributed by atoms with Crippen LogP contribution in [0.5, 0.6) is 0 Å². The first-order valence-electron chi connectivity index (χ1n) is 5.08. The summed E-state index contributed by atoms with van der Waals surface area (Å²) in [6.45, 7) is 4.19. The topological polar surface area (TPSA) is 23.5 Å². The molecule has 2 atom stereocenters. The van der Waals surface area contributed by atoms with Crippen molar-refractivity contribution >= 4 is 0 Å². The number of likely N-dealkylation sites (tertiary alicyclic amines) is 1. The highest BCUT2D eigenvalue weighted by molar-refractivity contribution is 4.92. The number of hydrogen-bond donors (Lipinski definition) is 1. The van der Waals surface area contributed by atoms with Crippen LogP contribution in [0.3, 0.4) is 0 Å². The summed E-state index contributed by atoms with van der Waals surface area (Å²) in [6.07, 6.45) is 9.01. The predicted molar refractivity (Wildman–Crippen MR) is 54.3 cm³/mol. The van der Waals surface area contributed by atoms with E-state index in [2.05, 4.69) is 17.7 Å². The van der Waals surface area contributed by atoms with Gasteiger partial charge in [-0.2, -0.15) is 0 Å². The highest BCUT2D eigenvalue weighted by Crippen LogP contribution is 2.22. The Kier molecular flexibility index (Phi) is 4.27. The van der Waals surface area contributed by atoms with Crippen LogP contribution in [-0.2, 0) is 0 Å². The number of piperidine rings is 1. The minimum Gasteiger partial charge on any atom is -0.396 e. The molecule has 1 aliphatic rings. The number of terminal acetylenes is 1. The number of hydrogen-bond acceptors (Lipinski definition) is 2. The molecule has 0 amide bonds. The van der Waals surface area contributed by atoms with Crippen LogP contribution >= 0.6 is 0 Å². The maximum atomic E-state index is 9.09. The molecule has 2 heteroatoms. The fourth-order valence-electron chi connectivity index (χ4n) is 2.10. The van der Waals surface area contributed by atoms with Crippen LogP contribution < -0.4 is 0 Å². The number of rotatable bonds is 3. The van der Waals surface area contributed by atoms with Gasteiger partial charge >= 0.3 is 0 Å². The Bertz CT molecular complexity index is 185. The molecule has 0 aromatic carbocycles. The van der Waals surface area contributed by atoms with Gasteiger partial charge in [0.15, 0.2) is 0 Å². The molecule has 0 spiro atoms. The quantitative estimate of drug-likeness (QED) is 0.659. The second kappa shape index (κ2) is 5.26. The lowest BCUT2D eigenvalue weighted by atomic mass is 9.92. The van der Waals surface area contributed by atoms with E-state index in [-0.39, 0.29) is 6.61 Å². The minimum atomic E-state index is 0.270. The Hall–Kier alpha value is -0.520. The van der Waals surface area contributed by atoms with Gasteiger partial charge in [-0.15, -0.1) is 6.42 Å². The average Bonchev–Trinajstić information content (AvgIpc) is 2.18. The average molecular weight is 181 g/mol. The monoisotopic (exact) mass is 181 g/mol. The molecule has 1 rings (SSSR count). The zero-order chi connectivity index (χ0) is 9.68. The molecule has 1 heterocycles. The van der Waals surface area contributed by atoms with Crippen LogP contribution in [0.4, 0.5) is 0 Å². The molecule has 0 aliphatic carbocycles. The molecular formula is C11H19NO. The van der Waals surface area contributed by atoms with E-state index < -0.39 is 0 Å². The van der Waals surface area contributed by atoms with E-state index in [1.807, 2.05) is 0 Å². The van der Waals surface area contributed by atoms with E-state index >= 15 is 0 Å². The molecule has 13 heavy (non-hydrogen) atoms. The zero-order valence-corrected chi connectivity index (χ0v) is 8.37. The summed E-state index contributed by atoms with van der Waals surface area (Å²) in [7, 11) is 0. The highest BCUT2D eigenvalue weighted by Gasteiger charge is 2.25. The lowest BCUT2D eigenvalue weighted by molar-refractivity contribution is 0.0865. The van der Waals surface area contributed by atoms with Crippen molar-refractivity contribution in [3.8, 4) is 12.3 Å². The number of aliphatic hydroxyl groups excluding tert-OH is 1. The third-order valence-corrected chi connectivity index (χ3v) is 2.90. The summed E-state index contributed by atoms with van der Waals surface area (Å²) in [5.41, 5.74) is 0. The van der Waals surface area contributed by atoms with Crippen molar-refractivity contribution in [3.63, 3.8) is 0 Å². The lowest BCUT2D eigenvalue weighted by Gasteiger charge is -2.37. The second-order valence-corrected chi connectivity index (χ2v) is 3.90. The van der Waals surface area contributed by atoms with Crippen LogP contribution in [0.1, 0.15) is 26.2 Å². The second-order valence-electron chi connectivity index (χ2n) is 3.90. The Balaban J connectivity index is 2.51. The highest BCUT2D eigenvalue weighted by atomic mass is 16.3. The molecule has 0 bridgehead atoms. The summed E-state index contributed by atoms with van der Waals surface area (Å²) in [5.74, 6) is 3.05. The van der Waals surface area contributed by atoms with Gasteiger partial charge in [-0.1, -0.05) is 19.3 Å². The Morgan fingerprint density at radius 1 is 1.62 bits per heavy atom. The Morgan fingerprint density at radius 2 is 2.38 bits per heavy atom. The maximum absolute atomic E-state index is 9.09. The first-order chi connectivity index (χ1) is 6.29. The largest absolute Gasteiger partial charge is 0.396 e. The van der Waals surface area contributed by atoms with Gasteiger partial charge in [0, 0.05) is 12.6 Å². The summed E-state index contributed by atoms with van der Waals surface area (Å²) in [6, 6.07) is 0.495. The standard InChI is InChI=1S/C11H19NO/c1-3-7-12-8-5-4-6-11(12)10(2)9-13/h1,10-11,13H,4-9H2,2H3. The molecule has 1 aliphatic heterocycles. The third-order valence-electron chi connectivity index (χ3n) is 2.90. The van der Waals surface area contributed by atoms with Crippen LogP contribution in [0.25, 0.3) is 0 Å². The van der Waals surface area contributed by atoms with Crippen LogP contribution in [0.2, 0.25) is 0 Å². The van der Waals surface area contributed by atoms with Crippen LogP contribution in [0.15, 0.2) is 0 Å². The van der Waals surface area contributed by atoms with Gasteiger partial charge in [0.05, 0.1) is 6.54 Å². The van der Waals surface area contributed by atoms with E-state index in [4.69, 9.17) is 11.5 Å². The molecule has 2 unspecified atom stereocenters. The normalized spacial score (nSPS) is 26.7. The SMILES string of the molecule is C#CCN1CCCCC1C(C)CO. The smallest absolute Gasteiger partial charge is 0.0601 e.